The van der Waals surface area contributed by atoms with Gasteiger partial charge in [-0.1, -0.05) is 23.2 Å². The summed E-state index contributed by atoms with van der Waals surface area (Å²) in [6.07, 6.45) is 0. The van der Waals surface area contributed by atoms with Crippen molar-refractivity contribution < 1.29 is 9.90 Å². The molecule has 0 unspecified atom stereocenters. The van der Waals surface area contributed by atoms with Crippen LogP contribution < -0.4 is 16.4 Å². The van der Waals surface area contributed by atoms with Crippen molar-refractivity contribution in [1.29, 1.82) is 0 Å². The van der Waals surface area contributed by atoms with Gasteiger partial charge < -0.3 is 21.5 Å². The molecule has 0 aliphatic heterocycles. The molecule has 0 spiro atoms. The van der Waals surface area contributed by atoms with Crippen LogP contribution in [-0.4, -0.2) is 24.1 Å². The van der Waals surface area contributed by atoms with Gasteiger partial charge in [0.1, 0.15) is 5.75 Å². The normalized spacial score (nSPS) is 9.87. The molecule has 0 bridgehead atoms. The summed E-state index contributed by atoms with van der Waals surface area (Å²) < 4.78 is 0. The smallest absolute Gasteiger partial charge is 0.259 e. The molecule has 0 saturated carbocycles. The van der Waals surface area contributed by atoms with Crippen molar-refractivity contribution in [1.82, 2.24) is 0 Å². The van der Waals surface area contributed by atoms with Gasteiger partial charge in [-0.2, -0.15) is 0 Å². The largest absolute Gasteiger partial charge is 0.507 e. The van der Waals surface area contributed by atoms with E-state index in [1.54, 1.807) is 18.2 Å². The summed E-state index contributed by atoms with van der Waals surface area (Å²) in [6, 6.07) is 9.37. The molecule has 1 amide bonds. The van der Waals surface area contributed by atoms with Crippen LogP contribution in [0, 0.1) is 0 Å². The monoisotopic (exact) mass is 375 g/mol. The second-order valence-corrected chi connectivity index (χ2v) is 5.37. The third-order valence-electron chi connectivity index (χ3n) is 2.89. The third-order valence-corrected chi connectivity index (χ3v) is 3.44. The minimum absolute atomic E-state index is 0. The van der Waals surface area contributed by atoms with E-state index >= 15 is 0 Å². The van der Waals surface area contributed by atoms with E-state index < -0.39 is 5.91 Å². The Kier molecular flexibility index (Phi) is 7.45. The Morgan fingerprint density at radius 2 is 1.91 bits per heavy atom. The molecule has 0 heterocycles. The van der Waals surface area contributed by atoms with E-state index in [2.05, 4.69) is 10.6 Å². The molecule has 0 aliphatic carbocycles. The number of halogens is 3. The van der Waals surface area contributed by atoms with Crippen LogP contribution in [-0.2, 0) is 0 Å². The van der Waals surface area contributed by atoms with Gasteiger partial charge in [0.05, 0.1) is 16.3 Å². The molecular weight excluding hydrogens is 361 g/mol. The topological polar surface area (TPSA) is 87.4 Å². The van der Waals surface area contributed by atoms with Gasteiger partial charge in [-0.15, -0.1) is 12.4 Å². The lowest BCUT2D eigenvalue weighted by Gasteiger charge is -2.11. The zero-order valence-electron chi connectivity index (χ0n) is 12.0. The van der Waals surface area contributed by atoms with Gasteiger partial charge in [-0.3, -0.25) is 4.79 Å². The molecule has 0 saturated heterocycles. The lowest BCUT2D eigenvalue weighted by Crippen LogP contribution is -2.14. The summed E-state index contributed by atoms with van der Waals surface area (Å²) in [6.45, 7) is 1.13. The van der Waals surface area contributed by atoms with Crippen molar-refractivity contribution >= 4 is 52.9 Å². The van der Waals surface area contributed by atoms with Crippen LogP contribution in [0.5, 0.6) is 5.75 Å². The van der Waals surface area contributed by atoms with Crippen molar-refractivity contribution in [3.63, 3.8) is 0 Å². The molecule has 2 aromatic carbocycles. The molecule has 0 aromatic heterocycles. The first-order valence-electron chi connectivity index (χ1n) is 6.54. The van der Waals surface area contributed by atoms with Crippen LogP contribution in [0.3, 0.4) is 0 Å². The maximum Gasteiger partial charge on any atom is 0.259 e. The molecule has 0 aliphatic rings. The van der Waals surface area contributed by atoms with Gasteiger partial charge in [-0.05, 0) is 36.4 Å². The second-order valence-electron chi connectivity index (χ2n) is 4.53. The predicted molar refractivity (Wildman–Crippen MR) is 97.3 cm³/mol. The van der Waals surface area contributed by atoms with Gasteiger partial charge in [0.2, 0.25) is 0 Å². The standard InChI is InChI=1S/C15H15Cl2N3O2.ClH/c16-9-1-4-14(21)11(7-9)15(22)20-13-3-2-10(8-12(13)17)19-6-5-18;/h1-4,7-8,19,21H,5-6,18H2,(H,20,22);1H. The highest BCUT2D eigenvalue weighted by molar-refractivity contribution is 6.34. The van der Waals surface area contributed by atoms with Gasteiger partial charge in [0.25, 0.3) is 5.91 Å². The Hall–Kier alpha value is -1.66. The second kappa shape index (κ2) is 8.84. The zero-order chi connectivity index (χ0) is 16.1. The summed E-state index contributed by atoms with van der Waals surface area (Å²) in [4.78, 5) is 12.2. The van der Waals surface area contributed by atoms with E-state index in [1.807, 2.05) is 0 Å². The van der Waals surface area contributed by atoms with Crippen LogP contribution in [0.1, 0.15) is 10.4 Å². The number of carbonyl (C=O) groups is 1. The summed E-state index contributed by atoms with van der Waals surface area (Å²) in [5.74, 6) is -0.649. The first kappa shape index (κ1) is 19.4. The minimum Gasteiger partial charge on any atom is -0.507 e. The first-order valence-corrected chi connectivity index (χ1v) is 7.30. The molecule has 0 radical (unpaired) electrons. The van der Waals surface area contributed by atoms with Crippen LogP contribution >= 0.6 is 35.6 Å². The fourth-order valence-corrected chi connectivity index (χ4v) is 2.22. The summed E-state index contributed by atoms with van der Waals surface area (Å²) in [5, 5.41) is 16.2. The Bertz CT molecular complexity index is 696. The zero-order valence-corrected chi connectivity index (χ0v) is 14.3. The maximum absolute atomic E-state index is 12.2. The lowest BCUT2D eigenvalue weighted by molar-refractivity contribution is 0.102. The molecule has 2 rings (SSSR count). The number of hydrogen-bond donors (Lipinski definition) is 4. The Morgan fingerprint density at radius 3 is 2.57 bits per heavy atom. The number of benzene rings is 2. The van der Waals surface area contributed by atoms with E-state index in [0.29, 0.717) is 28.8 Å². The molecule has 5 nitrogen and oxygen atoms in total. The number of phenols is 1. The SMILES string of the molecule is Cl.NCCNc1ccc(NC(=O)c2cc(Cl)ccc2O)c(Cl)c1. The summed E-state index contributed by atoms with van der Waals surface area (Å²) in [7, 11) is 0. The van der Waals surface area contributed by atoms with E-state index in [4.69, 9.17) is 28.9 Å². The number of anilines is 2. The number of rotatable bonds is 5. The van der Waals surface area contributed by atoms with Gasteiger partial charge in [0.15, 0.2) is 0 Å². The highest BCUT2D eigenvalue weighted by Gasteiger charge is 2.13. The number of phenolic OH excluding ortho intramolecular Hbond substituents is 1. The fourth-order valence-electron chi connectivity index (χ4n) is 1.82. The van der Waals surface area contributed by atoms with E-state index in [1.165, 1.54) is 18.2 Å². The summed E-state index contributed by atoms with van der Waals surface area (Å²) in [5.41, 5.74) is 6.73. The van der Waals surface area contributed by atoms with Crippen molar-refractivity contribution in [3.05, 3.63) is 52.0 Å². The fraction of sp³-hybridized carbons (Fsp3) is 0.133. The molecule has 0 atom stereocenters. The molecule has 2 aromatic rings. The van der Waals surface area contributed by atoms with Gasteiger partial charge >= 0.3 is 0 Å². The van der Waals surface area contributed by atoms with Crippen LogP contribution in [0.2, 0.25) is 10.0 Å². The predicted octanol–water partition coefficient (Wildman–Crippen LogP) is 3.74. The number of hydrogen-bond acceptors (Lipinski definition) is 4. The average molecular weight is 377 g/mol. The van der Waals surface area contributed by atoms with E-state index in [-0.39, 0.29) is 23.7 Å². The molecule has 23 heavy (non-hydrogen) atoms. The first-order chi connectivity index (χ1) is 10.5. The number of amides is 1. The van der Waals surface area contributed by atoms with E-state index in [9.17, 15) is 9.90 Å². The Labute approximate surface area is 150 Å². The minimum atomic E-state index is -0.496. The molecular formula is C15H16Cl3N3O2. The van der Waals surface area contributed by atoms with Crippen molar-refractivity contribution in [3.8, 4) is 5.75 Å². The van der Waals surface area contributed by atoms with Crippen molar-refractivity contribution in [2.75, 3.05) is 23.7 Å². The molecule has 8 heteroatoms. The highest BCUT2D eigenvalue weighted by atomic mass is 35.5. The number of nitrogens with two attached hydrogens (primary N) is 1. The van der Waals surface area contributed by atoms with Crippen molar-refractivity contribution in [2.24, 2.45) is 5.73 Å². The average Bonchev–Trinajstić information content (AvgIpc) is 2.50. The number of nitrogens with one attached hydrogen (secondary N) is 2. The highest BCUT2D eigenvalue weighted by Crippen LogP contribution is 2.28. The number of aromatic hydroxyl groups is 1. The summed E-state index contributed by atoms with van der Waals surface area (Å²) >= 11 is 12.0. The molecule has 124 valence electrons. The van der Waals surface area contributed by atoms with Crippen molar-refractivity contribution in [2.45, 2.75) is 0 Å². The van der Waals surface area contributed by atoms with Crippen LogP contribution in [0.15, 0.2) is 36.4 Å². The molecule has 5 N–H and O–H groups in total. The molecule has 0 fully saturated rings. The van der Waals surface area contributed by atoms with E-state index in [0.717, 1.165) is 5.69 Å². The Balaban J connectivity index is 0.00000264. The third kappa shape index (κ3) is 5.18. The van der Waals surface area contributed by atoms with Crippen LogP contribution in [0.25, 0.3) is 0 Å². The van der Waals surface area contributed by atoms with Crippen LogP contribution in [0.4, 0.5) is 11.4 Å². The lowest BCUT2D eigenvalue weighted by atomic mass is 10.2. The van der Waals surface area contributed by atoms with Gasteiger partial charge in [-0.25, -0.2) is 0 Å². The Morgan fingerprint density at radius 1 is 1.17 bits per heavy atom. The maximum atomic E-state index is 12.2. The van der Waals surface area contributed by atoms with Gasteiger partial charge in [0, 0.05) is 23.8 Å². The quantitative estimate of drug-likeness (QED) is 0.640. The number of carbonyl (C=O) groups excluding carboxylic acids is 1.